The van der Waals surface area contributed by atoms with Crippen LogP contribution in [0.4, 0.5) is 14.5 Å². The van der Waals surface area contributed by atoms with E-state index in [1.807, 2.05) is 11.8 Å². The Bertz CT molecular complexity index is 583. The number of benzene rings is 1. The molecule has 1 aromatic carbocycles. The second-order valence-corrected chi connectivity index (χ2v) is 5.48. The van der Waals surface area contributed by atoms with Gasteiger partial charge >= 0.3 is 0 Å². The van der Waals surface area contributed by atoms with Crippen molar-refractivity contribution in [3.05, 3.63) is 29.8 Å². The summed E-state index contributed by atoms with van der Waals surface area (Å²) >= 11 is 0. The van der Waals surface area contributed by atoms with Crippen LogP contribution in [-0.4, -0.2) is 55.5 Å². The lowest BCUT2D eigenvalue weighted by Crippen LogP contribution is -2.53. The predicted molar refractivity (Wildman–Crippen MR) is 81.9 cm³/mol. The van der Waals surface area contributed by atoms with Crippen molar-refractivity contribution in [2.24, 2.45) is 0 Å². The Balaban J connectivity index is 1.75. The van der Waals surface area contributed by atoms with Crippen LogP contribution in [0, 0.1) is 11.6 Å². The van der Waals surface area contributed by atoms with Crippen LogP contribution in [0.3, 0.4) is 0 Å². The maximum Gasteiger partial charge on any atom is 0.243 e. The molecular weight excluding hydrogens is 306 g/mol. The first-order valence-corrected chi connectivity index (χ1v) is 7.42. The van der Waals surface area contributed by atoms with Crippen LogP contribution in [0.15, 0.2) is 18.2 Å². The van der Waals surface area contributed by atoms with E-state index in [9.17, 15) is 18.4 Å². The molecule has 23 heavy (non-hydrogen) atoms. The Hall–Kier alpha value is -2.06. The molecule has 0 spiro atoms. The number of nitrogens with one attached hydrogen (secondary N) is 3. The van der Waals surface area contributed by atoms with E-state index in [0.29, 0.717) is 0 Å². The summed E-state index contributed by atoms with van der Waals surface area (Å²) in [5.74, 6) is -2.78. The average molecular weight is 326 g/mol. The molecule has 0 bridgehead atoms. The molecule has 0 radical (unpaired) electrons. The number of halogens is 2. The van der Waals surface area contributed by atoms with Crippen molar-refractivity contribution in [1.29, 1.82) is 0 Å². The lowest BCUT2D eigenvalue weighted by Gasteiger charge is -2.33. The predicted octanol–water partition coefficient (Wildman–Crippen LogP) is 0.313. The molecule has 1 fully saturated rings. The van der Waals surface area contributed by atoms with Crippen molar-refractivity contribution in [2.75, 3.05) is 38.0 Å². The van der Waals surface area contributed by atoms with Gasteiger partial charge in [-0.05, 0) is 19.1 Å². The normalized spacial score (nSPS) is 18.5. The van der Waals surface area contributed by atoms with Gasteiger partial charge in [0.1, 0.15) is 0 Å². The molecule has 0 aromatic heterocycles. The second-order valence-electron chi connectivity index (χ2n) is 5.48. The lowest BCUT2D eigenvalue weighted by molar-refractivity contribution is -0.125. The molecule has 1 saturated heterocycles. The highest BCUT2D eigenvalue weighted by atomic mass is 19.2. The van der Waals surface area contributed by atoms with Crippen LogP contribution in [0.2, 0.25) is 0 Å². The van der Waals surface area contributed by atoms with Crippen molar-refractivity contribution in [1.82, 2.24) is 15.5 Å². The van der Waals surface area contributed by atoms with Gasteiger partial charge < -0.3 is 16.0 Å². The highest BCUT2D eigenvalue weighted by Crippen LogP contribution is 2.12. The van der Waals surface area contributed by atoms with Crippen LogP contribution in [0.25, 0.3) is 0 Å². The van der Waals surface area contributed by atoms with Crippen molar-refractivity contribution in [2.45, 2.75) is 13.0 Å². The molecule has 8 heteroatoms. The van der Waals surface area contributed by atoms with E-state index >= 15 is 0 Å². The van der Waals surface area contributed by atoms with Crippen LogP contribution in [0.5, 0.6) is 0 Å². The van der Waals surface area contributed by atoms with E-state index < -0.39 is 17.5 Å². The molecule has 0 saturated carbocycles. The van der Waals surface area contributed by atoms with Crippen molar-refractivity contribution < 1.29 is 18.4 Å². The molecule has 1 heterocycles. The van der Waals surface area contributed by atoms with E-state index in [0.717, 1.165) is 31.8 Å². The van der Waals surface area contributed by atoms with Crippen molar-refractivity contribution in [3.63, 3.8) is 0 Å². The fourth-order valence-corrected chi connectivity index (χ4v) is 2.32. The zero-order valence-corrected chi connectivity index (χ0v) is 12.9. The largest absolute Gasteiger partial charge is 0.346 e. The smallest absolute Gasteiger partial charge is 0.243 e. The Kier molecular flexibility index (Phi) is 6.00. The third kappa shape index (κ3) is 5.26. The number of amides is 2. The van der Waals surface area contributed by atoms with E-state index in [-0.39, 0.29) is 30.7 Å². The number of carbonyl (C=O) groups excluding carboxylic acids is 2. The molecule has 1 aliphatic rings. The maximum absolute atomic E-state index is 13.0. The van der Waals surface area contributed by atoms with Crippen LogP contribution in [-0.2, 0) is 9.59 Å². The third-order valence-electron chi connectivity index (χ3n) is 3.64. The Morgan fingerprint density at radius 1 is 1.30 bits per heavy atom. The summed E-state index contributed by atoms with van der Waals surface area (Å²) in [5, 5.41) is 8.14. The molecule has 1 atom stereocenters. The summed E-state index contributed by atoms with van der Waals surface area (Å²) < 4.78 is 25.8. The van der Waals surface area contributed by atoms with Gasteiger partial charge in [0.25, 0.3) is 0 Å². The van der Waals surface area contributed by atoms with E-state index in [1.165, 1.54) is 6.07 Å². The van der Waals surface area contributed by atoms with Gasteiger partial charge in [0.15, 0.2) is 11.6 Å². The summed E-state index contributed by atoms with van der Waals surface area (Å²) in [5.41, 5.74) is 0.138. The van der Waals surface area contributed by atoms with E-state index in [2.05, 4.69) is 16.0 Å². The summed E-state index contributed by atoms with van der Waals surface area (Å²) in [6.45, 7) is 4.45. The van der Waals surface area contributed by atoms with Gasteiger partial charge in [-0.25, -0.2) is 8.78 Å². The highest BCUT2D eigenvalue weighted by molar-refractivity contribution is 5.94. The highest BCUT2D eigenvalue weighted by Gasteiger charge is 2.20. The molecule has 0 aliphatic carbocycles. The lowest BCUT2D eigenvalue weighted by atomic mass is 10.2. The monoisotopic (exact) mass is 326 g/mol. The zero-order valence-electron chi connectivity index (χ0n) is 12.9. The number of piperazine rings is 1. The number of hydrogen-bond donors (Lipinski definition) is 3. The summed E-state index contributed by atoms with van der Waals surface area (Å²) in [6.07, 6.45) is 0. The summed E-state index contributed by atoms with van der Waals surface area (Å²) in [6, 6.07) is 3.32. The minimum absolute atomic E-state index is 0.138. The van der Waals surface area contributed by atoms with Gasteiger partial charge in [-0.1, -0.05) is 0 Å². The van der Waals surface area contributed by atoms with Gasteiger partial charge in [0.2, 0.25) is 11.8 Å². The van der Waals surface area contributed by atoms with Gasteiger partial charge in [-0.3, -0.25) is 14.5 Å². The average Bonchev–Trinajstić information content (AvgIpc) is 2.51. The van der Waals surface area contributed by atoms with Crippen molar-refractivity contribution in [3.8, 4) is 0 Å². The Morgan fingerprint density at radius 2 is 2.09 bits per heavy atom. The molecule has 1 aliphatic heterocycles. The van der Waals surface area contributed by atoms with Crippen LogP contribution >= 0.6 is 0 Å². The second kappa shape index (κ2) is 7.98. The van der Waals surface area contributed by atoms with E-state index in [4.69, 9.17) is 0 Å². The number of nitrogens with zero attached hydrogens (tertiary/aromatic N) is 1. The SMILES string of the molecule is C[C@H]1CNCCN1CC(=O)NCC(=O)Nc1ccc(F)c(F)c1. The number of carbonyl (C=O) groups is 2. The Labute approximate surface area is 133 Å². The summed E-state index contributed by atoms with van der Waals surface area (Å²) in [4.78, 5) is 25.6. The third-order valence-corrected chi connectivity index (χ3v) is 3.64. The molecule has 2 rings (SSSR count). The topological polar surface area (TPSA) is 73.5 Å². The first-order chi connectivity index (χ1) is 11.0. The maximum atomic E-state index is 13.0. The minimum atomic E-state index is -1.04. The number of rotatable bonds is 5. The molecule has 1 aromatic rings. The first kappa shape index (κ1) is 17.3. The Morgan fingerprint density at radius 3 is 2.78 bits per heavy atom. The van der Waals surface area contributed by atoms with E-state index in [1.54, 1.807) is 0 Å². The molecular formula is C15H20F2N4O2. The van der Waals surface area contributed by atoms with Crippen LogP contribution < -0.4 is 16.0 Å². The summed E-state index contributed by atoms with van der Waals surface area (Å²) in [7, 11) is 0. The molecule has 3 N–H and O–H groups in total. The first-order valence-electron chi connectivity index (χ1n) is 7.42. The number of hydrogen-bond acceptors (Lipinski definition) is 4. The zero-order chi connectivity index (χ0) is 16.8. The van der Waals surface area contributed by atoms with Gasteiger partial charge in [-0.2, -0.15) is 0 Å². The van der Waals surface area contributed by atoms with Crippen molar-refractivity contribution >= 4 is 17.5 Å². The number of anilines is 1. The minimum Gasteiger partial charge on any atom is -0.346 e. The van der Waals surface area contributed by atoms with Crippen LogP contribution in [0.1, 0.15) is 6.92 Å². The fourth-order valence-electron chi connectivity index (χ4n) is 2.32. The van der Waals surface area contributed by atoms with Gasteiger partial charge in [0, 0.05) is 37.4 Å². The quantitative estimate of drug-likeness (QED) is 0.728. The van der Waals surface area contributed by atoms with Gasteiger partial charge in [-0.15, -0.1) is 0 Å². The molecule has 6 nitrogen and oxygen atoms in total. The molecule has 2 amide bonds. The molecule has 126 valence electrons. The fraction of sp³-hybridized carbons (Fsp3) is 0.467. The molecule has 0 unspecified atom stereocenters. The van der Waals surface area contributed by atoms with Gasteiger partial charge in [0.05, 0.1) is 13.1 Å². The standard InChI is InChI=1S/C15H20F2N4O2/c1-10-7-18-4-5-21(10)9-15(23)19-8-14(22)20-11-2-3-12(16)13(17)6-11/h2-3,6,10,18H,4-5,7-9H2,1H3,(H,19,23)(H,20,22)/t10-/m0/s1.